The van der Waals surface area contributed by atoms with Crippen LogP contribution in [0, 0.1) is 5.41 Å². The van der Waals surface area contributed by atoms with E-state index < -0.39 is 5.41 Å². The molecule has 0 bridgehead atoms. The first-order chi connectivity index (χ1) is 13.6. The van der Waals surface area contributed by atoms with Gasteiger partial charge in [-0.05, 0) is 49.1 Å². The number of hydrogen-bond donors (Lipinski definition) is 0. The second kappa shape index (κ2) is 7.62. The average Bonchev–Trinajstić information content (AvgIpc) is 3.17. The van der Waals surface area contributed by atoms with Crippen LogP contribution in [0.15, 0.2) is 48.7 Å². The minimum atomic E-state index is -0.457. The molecule has 4 rings (SSSR count). The Kier molecular flexibility index (Phi) is 5.03. The lowest BCUT2D eigenvalue weighted by atomic mass is 9.78. The van der Waals surface area contributed by atoms with Crippen molar-refractivity contribution in [3.63, 3.8) is 0 Å². The Hall–Kier alpha value is -2.89. The Bertz CT molecular complexity index is 870. The number of aromatic nitrogens is 1. The SMILES string of the molecule is COc1cccc(CN2CCC[C@@]3(CCN(C(=O)c4ccccn4)C3)C2=O)c1. The van der Waals surface area contributed by atoms with Crippen LogP contribution < -0.4 is 4.74 Å². The van der Waals surface area contributed by atoms with Crippen molar-refractivity contribution in [1.82, 2.24) is 14.8 Å². The minimum absolute atomic E-state index is 0.0878. The zero-order chi connectivity index (χ0) is 19.6. The number of likely N-dealkylation sites (tertiary alicyclic amines) is 2. The number of carbonyl (C=O) groups is 2. The number of piperidine rings is 1. The molecule has 6 nitrogen and oxygen atoms in total. The fourth-order valence-corrected chi connectivity index (χ4v) is 4.37. The lowest BCUT2D eigenvalue weighted by molar-refractivity contribution is -0.146. The molecule has 2 fully saturated rings. The lowest BCUT2D eigenvalue weighted by Gasteiger charge is -2.39. The third kappa shape index (κ3) is 3.46. The molecule has 3 heterocycles. The largest absolute Gasteiger partial charge is 0.497 e. The first kappa shape index (κ1) is 18.5. The first-order valence-electron chi connectivity index (χ1n) is 9.74. The topological polar surface area (TPSA) is 62.7 Å². The third-order valence-electron chi connectivity index (χ3n) is 5.86. The van der Waals surface area contributed by atoms with Gasteiger partial charge in [0.15, 0.2) is 0 Å². The molecule has 0 saturated carbocycles. The van der Waals surface area contributed by atoms with Gasteiger partial charge in [-0.3, -0.25) is 14.6 Å². The van der Waals surface area contributed by atoms with Crippen LogP contribution in [-0.4, -0.2) is 53.3 Å². The van der Waals surface area contributed by atoms with E-state index in [4.69, 9.17) is 4.74 Å². The lowest BCUT2D eigenvalue weighted by Crippen LogP contribution is -2.50. The van der Waals surface area contributed by atoms with Gasteiger partial charge < -0.3 is 14.5 Å². The van der Waals surface area contributed by atoms with Gasteiger partial charge in [0.05, 0.1) is 12.5 Å². The second-order valence-electron chi connectivity index (χ2n) is 7.65. The summed E-state index contributed by atoms with van der Waals surface area (Å²) in [5.74, 6) is 0.873. The predicted molar refractivity (Wildman–Crippen MR) is 105 cm³/mol. The number of benzene rings is 1. The van der Waals surface area contributed by atoms with Crippen molar-refractivity contribution in [3.05, 3.63) is 59.9 Å². The Morgan fingerprint density at radius 3 is 2.86 bits per heavy atom. The quantitative estimate of drug-likeness (QED) is 0.820. The van der Waals surface area contributed by atoms with Crippen LogP contribution in [0.4, 0.5) is 0 Å². The highest BCUT2D eigenvalue weighted by Gasteiger charge is 2.49. The van der Waals surface area contributed by atoms with Crippen LogP contribution in [-0.2, 0) is 11.3 Å². The van der Waals surface area contributed by atoms with Crippen molar-refractivity contribution in [2.75, 3.05) is 26.7 Å². The van der Waals surface area contributed by atoms with Crippen molar-refractivity contribution < 1.29 is 14.3 Å². The number of amides is 2. The summed E-state index contributed by atoms with van der Waals surface area (Å²) in [6.07, 6.45) is 4.15. The minimum Gasteiger partial charge on any atom is -0.497 e. The summed E-state index contributed by atoms with van der Waals surface area (Å²) < 4.78 is 5.29. The predicted octanol–water partition coefficient (Wildman–Crippen LogP) is 2.75. The van der Waals surface area contributed by atoms with E-state index in [0.29, 0.717) is 25.3 Å². The molecule has 2 aliphatic rings. The Balaban J connectivity index is 1.47. The number of carbonyl (C=O) groups excluding carboxylic acids is 2. The molecule has 1 atom stereocenters. The third-order valence-corrected chi connectivity index (χ3v) is 5.86. The molecule has 6 heteroatoms. The summed E-state index contributed by atoms with van der Waals surface area (Å²) in [7, 11) is 1.64. The summed E-state index contributed by atoms with van der Waals surface area (Å²) in [5.41, 5.74) is 1.04. The molecule has 0 N–H and O–H groups in total. The summed E-state index contributed by atoms with van der Waals surface area (Å²) >= 11 is 0. The molecule has 2 amide bonds. The number of methoxy groups -OCH3 is 1. The number of rotatable bonds is 4. The highest BCUT2D eigenvalue weighted by atomic mass is 16.5. The smallest absolute Gasteiger partial charge is 0.272 e. The fourth-order valence-electron chi connectivity index (χ4n) is 4.37. The fraction of sp³-hybridized carbons (Fsp3) is 0.409. The Morgan fingerprint density at radius 1 is 1.18 bits per heavy atom. The highest BCUT2D eigenvalue weighted by Crippen LogP contribution is 2.41. The number of hydrogen-bond acceptors (Lipinski definition) is 4. The monoisotopic (exact) mass is 379 g/mol. The zero-order valence-corrected chi connectivity index (χ0v) is 16.1. The van der Waals surface area contributed by atoms with Gasteiger partial charge in [0.1, 0.15) is 11.4 Å². The van der Waals surface area contributed by atoms with E-state index in [1.165, 1.54) is 0 Å². The zero-order valence-electron chi connectivity index (χ0n) is 16.1. The van der Waals surface area contributed by atoms with Crippen molar-refractivity contribution in [2.45, 2.75) is 25.8 Å². The number of ether oxygens (including phenoxy) is 1. The van der Waals surface area contributed by atoms with Crippen LogP contribution >= 0.6 is 0 Å². The van der Waals surface area contributed by atoms with Crippen LogP contribution in [0.1, 0.15) is 35.3 Å². The van der Waals surface area contributed by atoms with E-state index in [0.717, 1.165) is 37.1 Å². The van der Waals surface area contributed by atoms with E-state index in [9.17, 15) is 9.59 Å². The van der Waals surface area contributed by atoms with E-state index in [1.807, 2.05) is 35.2 Å². The van der Waals surface area contributed by atoms with E-state index >= 15 is 0 Å². The molecular weight excluding hydrogens is 354 g/mol. The molecule has 2 aliphatic heterocycles. The van der Waals surface area contributed by atoms with Gasteiger partial charge in [-0.25, -0.2) is 0 Å². The van der Waals surface area contributed by atoms with Gasteiger partial charge in [-0.15, -0.1) is 0 Å². The van der Waals surface area contributed by atoms with Gasteiger partial charge in [-0.2, -0.15) is 0 Å². The van der Waals surface area contributed by atoms with Crippen molar-refractivity contribution in [1.29, 1.82) is 0 Å². The maximum atomic E-state index is 13.4. The van der Waals surface area contributed by atoms with Gasteiger partial charge in [0, 0.05) is 32.4 Å². The highest BCUT2D eigenvalue weighted by molar-refractivity contribution is 5.93. The summed E-state index contributed by atoms with van der Waals surface area (Å²) in [6, 6.07) is 13.2. The number of pyridine rings is 1. The molecule has 1 spiro atoms. The van der Waals surface area contributed by atoms with Crippen LogP contribution in [0.3, 0.4) is 0 Å². The average molecular weight is 379 g/mol. The molecule has 2 aromatic rings. The molecule has 28 heavy (non-hydrogen) atoms. The molecule has 2 saturated heterocycles. The molecule has 146 valence electrons. The maximum Gasteiger partial charge on any atom is 0.272 e. The maximum absolute atomic E-state index is 13.4. The first-order valence-corrected chi connectivity index (χ1v) is 9.74. The van der Waals surface area contributed by atoms with Gasteiger partial charge in [0.2, 0.25) is 5.91 Å². The standard InChI is InChI=1S/C22H25N3O3/c1-28-18-7-4-6-17(14-18)15-24-12-5-9-22(21(24)27)10-13-25(16-22)20(26)19-8-2-3-11-23-19/h2-4,6-8,11,14H,5,9-10,12-13,15-16H2,1H3/t22-/m0/s1. The Morgan fingerprint density at radius 2 is 2.07 bits per heavy atom. The van der Waals surface area contributed by atoms with Gasteiger partial charge >= 0.3 is 0 Å². The molecule has 0 radical (unpaired) electrons. The Labute approximate surface area is 165 Å². The molecule has 0 unspecified atom stereocenters. The normalized spacial score (nSPS) is 22.0. The molecule has 0 aliphatic carbocycles. The molecular formula is C22H25N3O3. The van der Waals surface area contributed by atoms with E-state index in [1.54, 1.807) is 30.3 Å². The second-order valence-corrected chi connectivity index (χ2v) is 7.65. The van der Waals surface area contributed by atoms with Gasteiger partial charge in [-0.1, -0.05) is 18.2 Å². The van der Waals surface area contributed by atoms with Crippen LogP contribution in [0.2, 0.25) is 0 Å². The van der Waals surface area contributed by atoms with Crippen molar-refractivity contribution >= 4 is 11.8 Å². The van der Waals surface area contributed by atoms with Crippen LogP contribution in [0.25, 0.3) is 0 Å². The van der Waals surface area contributed by atoms with Crippen molar-refractivity contribution in [3.8, 4) is 5.75 Å². The van der Waals surface area contributed by atoms with Gasteiger partial charge in [0.25, 0.3) is 5.91 Å². The molecule has 1 aromatic carbocycles. The summed E-state index contributed by atoms with van der Waals surface area (Å²) in [5, 5.41) is 0. The molecule has 1 aromatic heterocycles. The van der Waals surface area contributed by atoms with Crippen molar-refractivity contribution in [2.24, 2.45) is 5.41 Å². The number of nitrogens with zero attached hydrogens (tertiary/aromatic N) is 3. The van der Waals surface area contributed by atoms with E-state index in [-0.39, 0.29) is 11.8 Å². The van der Waals surface area contributed by atoms with Crippen LogP contribution in [0.5, 0.6) is 5.75 Å². The van der Waals surface area contributed by atoms with E-state index in [2.05, 4.69) is 4.98 Å². The summed E-state index contributed by atoms with van der Waals surface area (Å²) in [4.78, 5) is 34.0. The summed E-state index contributed by atoms with van der Waals surface area (Å²) in [6.45, 7) is 2.42.